The van der Waals surface area contributed by atoms with Crippen LogP contribution in [0.15, 0.2) is 65.4 Å². The molecule has 2 fully saturated rings. The molecule has 2 saturated heterocycles. The molecule has 3 aliphatic heterocycles. The molecular formula is C28H32FN7O4. The number of halogens is 1. The van der Waals surface area contributed by atoms with Crippen LogP contribution in [0.3, 0.4) is 0 Å². The van der Waals surface area contributed by atoms with Crippen LogP contribution in [0.25, 0.3) is 0 Å². The van der Waals surface area contributed by atoms with Crippen LogP contribution in [0, 0.1) is 5.82 Å². The number of urea groups is 3. The molecule has 2 N–H and O–H groups in total. The number of hydrogen-bond acceptors (Lipinski definition) is 6. The third-order valence-electron chi connectivity index (χ3n) is 7.10. The number of ether oxygens (including phenoxy) is 1. The van der Waals surface area contributed by atoms with Gasteiger partial charge in [0.2, 0.25) is 0 Å². The topological polar surface area (TPSA) is 110 Å². The molecular weight excluding hydrogens is 517 g/mol. The third-order valence-corrected chi connectivity index (χ3v) is 7.10. The van der Waals surface area contributed by atoms with Crippen molar-refractivity contribution >= 4 is 35.3 Å². The number of amidine groups is 1. The quantitative estimate of drug-likeness (QED) is 0.591. The Hall–Kier alpha value is -4.45. The first-order chi connectivity index (χ1) is 19.3. The van der Waals surface area contributed by atoms with E-state index in [9.17, 15) is 18.8 Å². The van der Waals surface area contributed by atoms with E-state index in [2.05, 4.69) is 20.5 Å². The molecule has 3 heterocycles. The number of likely N-dealkylation sites (N-methyl/N-ethyl adjacent to an activating group) is 1. The van der Waals surface area contributed by atoms with E-state index in [4.69, 9.17) is 4.74 Å². The predicted molar refractivity (Wildman–Crippen MR) is 149 cm³/mol. The van der Waals surface area contributed by atoms with Crippen LogP contribution in [0.5, 0.6) is 5.75 Å². The van der Waals surface area contributed by atoms with Crippen LogP contribution in [0.4, 0.5) is 30.1 Å². The number of hydrogen-bond donors (Lipinski definition) is 2. The Bertz CT molecular complexity index is 1350. The number of likely N-dealkylation sites (tertiary alicyclic amines) is 1. The number of dihydropyridines is 1. The summed E-state index contributed by atoms with van der Waals surface area (Å²) in [6.07, 6.45) is 2.94. The van der Waals surface area contributed by atoms with Gasteiger partial charge >= 0.3 is 18.1 Å². The van der Waals surface area contributed by atoms with Gasteiger partial charge in [0.05, 0.1) is 6.54 Å². The van der Waals surface area contributed by atoms with Crippen molar-refractivity contribution in [3.05, 3.63) is 66.2 Å². The van der Waals surface area contributed by atoms with Gasteiger partial charge in [0.25, 0.3) is 0 Å². The van der Waals surface area contributed by atoms with Gasteiger partial charge in [-0.05, 0) is 44.8 Å². The average molecular weight is 550 g/mol. The molecule has 0 spiro atoms. The molecule has 0 radical (unpaired) electrons. The van der Waals surface area contributed by atoms with Crippen molar-refractivity contribution in [3.8, 4) is 5.75 Å². The molecule has 2 aromatic carbocycles. The molecule has 0 bridgehead atoms. The van der Waals surface area contributed by atoms with E-state index in [0.29, 0.717) is 55.9 Å². The summed E-state index contributed by atoms with van der Waals surface area (Å²) in [5.41, 5.74) is 0.892. The molecule has 6 amide bonds. The number of carbonyl (C=O) groups excluding carboxylic acids is 3. The lowest BCUT2D eigenvalue weighted by atomic mass is 10.2. The van der Waals surface area contributed by atoms with E-state index in [1.165, 1.54) is 17.0 Å². The Kier molecular flexibility index (Phi) is 7.96. The first-order valence-corrected chi connectivity index (χ1v) is 13.2. The molecule has 0 aliphatic carbocycles. The number of amides is 6. The highest BCUT2D eigenvalue weighted by atomic mass is 19.1. The molecule has 0 aromatic heterocycles. The van der Waals surface area contributed by atoms with Crippen molar-refractivity contribution in [2.45, 2.75) is 18.9 Å². The predicted octanol–water partition coefficient (Wildman–Crippen LogP) is 3.71. The van der Waals surface area contributed by atoms with Gasteiger partial charge in [-0.3, -0.25) is 15.2 Å². The van der Waals surface area contributed by atoms with Crippen LogP contribution >= 0.6 is 0 Å². The average Bonchev–Trinajstić information content (AvgIpc) is 3.59. The number of benzene rings is 2. The highest BCUT2D eigenvalue weighted by Gasteiger charge is 2.34. The first kappa shape index (κ1) is 27.1. The number of anilines is 2. The summed E-state index contributed by atoms with van der Waals surface area (Å²) in [6.45, 7) is 2.28. The van der Waals surface area contributed by atoms with Crippen LogP contribution < -0.4 is 20.3 Å². The lowest BCUT2D eigenvalue weighted by Gasteiger charge is -2.21. The van der Waals surface area contributed by atoms with Gasteiger partial charge in [0.1, 0.15) is 11.6 Å². The molecule has 0 saturated carbocycles. The van der Waals surface area contributed by atoms with E-state index < -0.39 is 17.9 Å². The maximum absolute atomic E-state index is 14.9. The Morgan fingerprint density at radius 1 is 1.05 bits per heavy atom. The SMILES string of the molecule is CN(C)C1CCN(C(=O)NC2=NCCC(Oc3ccc(NC(=O)N4CCN(c5ccccc5)C4=O)cc3F)=C2)C1. The summed E-state index contributed by atoms with van der Waals surface area (Å²) < 4.78 is 20.7. The molecule has 210 valence electrons. The number of nitrogens with zero attached hydrogens (tertiary/aromatic N) is 5. The molecule has 1 atom stereocenters. The van der Waals surface area contributed by atoms with E-state index in [1.807, 2.05) is 32.3 Å². The molecule has 1 unspecified atom stereocenters. The molecule has 3 aliphatic rings. The monoisotopic (exact) mass is 549 g/mol. The number of rotatable bonds is 5. The Labute approximate surface area is 231 Å². The fourth-order valence-corrected chi connectivity index (χ4v) is 4.82. The largest absolute Gasteiger partial charge is 0.458 e. The van der Waals surface area contributed by atoms with E-state index in [1.54, 1.807) is 23.1 Å². The smallest absolute Gasteiger partial charge is 0.332 e. The first-order valence-electron chi connectivity index (χ1n) is 13.2. The summed E-state index contributed by atoms with van der Waals surface area (Å²) >= 11 is 0. The highest BCUT2D eigenvalue weighted by molar-refractivity contribution is 6.08. The van der Waals surface area contributed by atoms with Crippen LogP contribution in [-0.4, -0.2) is 91.5 Å². The van der Waals surface area contributed by atoms with Crippen molar-refractivity contribution in [1.82, 2.24) is 20.0 Å². The summed E-state index contributed by atoms with van der Waals surface area (Å²) in [7, 11) is 3.99. The van der Waals surface area contributed by atoms with Crippen LogP contribution in [0.2, 0.25) is 0 Å². The molecule has 12 heteroatoms. The fraction of sp³-hybridized carbons (Fsp3) is 0.357. The zero-order chi connectivity index (χ0) is 28.2. The lowest BCUT2D eigenvalue weighted by Crippen LogP contribution is -2.43. The van der Waals surface area contributed by atoms with Crippen molar-refractivity contribution < 1.29 is 23.5 Å². The van der Waals surface area contributed by atoms with E-state index in [-0.39, 0.29) is 24.0 Å². The van der Waals surface area contributed by atoms with Gasteiger partial charge < -0.3 is 19.9 Å². The Morgan fingerprint density at radius 2 is 1.85 bits per heavy atom. The molecule has 2 aromatic rings. The molecule has 40 heavy (non-hydrogen) atoms. The van der Waals surface area contributed by atoms with Gasteiger partial charge in [0, 0.05) is 62.2 Å². The number of aliphatic imine (C=N–C) groups is 1. The third kappa shape index (κ3) is 6.07. The lowest BCUT2D eigenvalue weighted by molar-refractivity contribution is 0.207. The van der Waals surface area contributed by atoms with E-state index in [0.717, 1.165) is 17.4 Å². The summed E-state index contributed by atoms with van der Waals surface area (Å²) in [5, 5.41) is 5.39. The van der Waals surface area contributed by atoms with Gasteiger partial charge in [-0.15, -0.1) is 0 Å². The normalized spacial score (nSPS) is 19.1. The maximum Gasteiger partial charge on any atom is 0.332 e. The number of carbonyl (C=O) groups is 3. The minimum absolute atomic E-state index is 0.0299. The maximum atomic E-state index is 14.9. The second-order valence-electron chi connectivity index (χ2n) is 10.0. The standard InChI is InChI=1S/C28H32FN7O4/c1-33(2)21-11-13-34(18-21)26(37)32-25-17-22(10-12-30-25)40-24-9-8-19(16-23(24)29)31-27(38)36-15-14-35(28(36)39)20-6-4-3-5-7-20/h3-9,16-17,21H,10-15,18H2,1-2H3,(H,31,38)(H,30,32,37). The van der Waals surface area contributed by atoms with Gasteiger partial charge in [-0.1, -0.05) is 18.2 Å². The van der Waals surface area contributed by atoms with Crippen LogP contribution in [-0.2, 0) is 0 Å². The van der Waals surface area contributed by atoms with Crippen molar-refractivity contribution in [1.29, 1.82) is 0 Å². The summed E-state index contributed by atoms with van der Waals surface area (Å²) in [5.74, 6) is 0.107. The highest BCUT2D eigenvalue weighted by Crippen LogP contribution is 2.26. The Balaban J connectivity index is 1.16. The zero-order valence-electron chi connectivity index (χ0n) is 22.5. The van der Waals surface area contributed by atoms with Crippen LogP contribution in [0.1, 0.15) is 12.8 Å². The second kappa shape index (κ2) is 11.7. The van der Waals surface area contributed by atoms with Gasteiger partial charge in [-0.25, -0.2) is 23.7 Å². The fourth-order valence-electron chi connectivity index (χ4n) is 4.82. The Morgan fingerprint density at radius 3 is 2.58 bits per heavy atom. The summed E-state index contributed by atoms with van der Waals surface area (Å²) in [6, 6.07) is 12.1. The number of imide groups is 1. The van der Waals surface area contributed by atoms with Crippen molar-refractivity contribution in [3.63, 3.8) is 0 Å². The number of nitrogens with one attached hydrogen (secondary N) is 2. The molecule has 11 nitrogen and oxygen atoms in total. The van der Waals surface area contributed by atoms with Gasteiger partial charge in [-0.2, -0.15) is 0 Å². The minimum atomic E-state index is -0.683. The summed E-state index contributed by atoms with van der Waals surface area (Å²) in [4.78, 5) is 48.9. The zero-order valence-corrected chi connectivity index (χ0v) is 22.5. The van der Waals surface area contributed by atoms with Crippen molar-refractivity contribution in [2.75, 3.05) is 57.0 Å². The second-order valence-corrected chi connectivity index (χ2v) is 10.0. The van der Waals surface area contributed by atoms with E-state index >= 15 is 0 Å². The van der Waals surface area contributed by atoms with Gasteiger partial charge in [0.15, 0.2) is 11.6 Å². The molecule has 5 rings (SSSR count). The van der Waals surface area contributed by atoms with Crippen molar-refractivity contribution in [2.24, 2.45) is 4.99 Å². The minimum Gasteiger partial charge on any atom is -0.458 e. The number of para-hydroxylation sites is 1.